The number of aliphatic hydroxyl groups is 1. The maximum absolute atomic E-state index is 13.4. The minimum Gasteiger partial charge on any atom is -0.497 e. The predicted octanol–water partition coefficient (Wildman–Crippen LogP) is 4.69. The molecule has 2 aromatic carbocycles. The van der Waals surface area contributed by atoms with Crippen LogP contribution in [0.1, 0.15) is 42.4 Å². The van der Waals surface area contributed by atoms with E-state index in [2.05, 4.69) is 16.8 Å². The van der Waals surface area contributed by atoms with Crippen LogP contribution in [-0.2, 0) is 17.8 Å². The summed E-state index contributed by atoms with van der Waals surface area (Å²) in [7, 11) is 1.58. The molecule has 0 bridgehead atoms. The number of hydrogen-bond donors (Lipinski definition) is 2. The molecule has 1 fully saturated rings. The molecular formula is C29H29F3N2O4. The normalized spacial score (nSPS) is 15.2. The number of fused-ring (bicyclic) bond motifs is 1. The Morgan fingerprint density at radius 1 is 1.16 bits per heavy atom. The molecule has 0 aliphatic carbocycles. The van der Waals surface area contributed by atoms with Gasteiger partial charge in [0.15, 0.2) is 17.5 Å². The van der Waals surface area contributed by atoms with Crippen molar-refractivity contribution in [3.63, 3.8) is 0 Å². The van der Waals surface area contributed by atoms with E-state index in [1.54, 1.807) is 13.3 Å². The Morgan fingerprint density at radius 2 is 1.87 bits per heavy atom. The van der Waals surface area contributed by atoms with Crippen molar-refractivity contribution in [3.05, 3.63) is 70.7 Å². The molecule has 9 heteroatoms. The van der Waals surface area contributed by atoms with Gasteiger partial charge in [-0.2, -0.15) is 0 Å². The van der Waals surface area contributed by atoms with Crippen LogP contribution in [0.2, 0.25) is 0 Å². The Hall–Kier alpha value is -3.61. The molecule has 0 saturated carbocycles. The number of likely N-dealkylation sites (tertiary alicyclic amines) is 1. The van der Waals surface area contributed by atoms with Crippen molar-refractivity contribution in [1.82, 2.24) is 9.88 Å². The van der Waals surface area contributed by atoms with Crippen LogP contribution in [0.15, 0.2) is 36.5 Å². The summed E-state index contributed by atoms with van der Waals surface area (Å²) in [6, 6.07) is 7.27. The number of halogens is 3. The number of piperidine rings is 1. The molecule has 2 heterocycles. The fraction of sp³-hybridized carbons (Fsp3) is 0.379. The van der Waals surface area contributed by atoms with Gasteiger partial charge in [0.05, 0.1) is 31.2 Å². The molecule has 2 N–H and O–H groups in total. The third-order valence-corrected chi connectivity index (χ3v) is 7.31. The van der Waals surface area contributed by atoms with Gasteiger partial charge in [-0.05, 0) is 73.6 Å². The average molecular weight is 527 g/mol. The number of nitrogens with zero attached hydrogens (tertiary/aromatic N) is 2. The number of pyridine rings is 1. The SMILES string of the molecule is COc1ccc2ncc(CO)c(CCCC3(C(=O)O)CCN(CC#Cc4cc(F)c(F)c(F)c4)CC3)c2c1. The molecule has 3 aromatic rings. The number of carbonyl (C=O) groups is 1. The number of benzene rings is 2. The van der Waals surface area contributed by atoms with Crippen molar-refractivity contribution >= 4 is 16.9 Å². The molecule has 200 valence electrons. The van der Waals surface area contributed by atoms with Crippen LogP contribution in [-0.4, -0.2) is 52.8 Å². The summed E-state index contributed by atoms with van der Waals surface area (Å²) in [6.07, 6.45) is 4.25. The van der Waals surface area contributed by atoms with Gasteiger partial charge in [0.1, 0.15) is 5.75 Å². The lowest BCUT2D eigenvalue weighted by Crippen LogP contribution is -2.44. The average Bonchev–Trinajstić information content (AvgIpc) is 2.92. The van der Waals surface area contributed by atoms with E-state index in [1.807, 2.05) is 23.1 Å². The first-order chi connectivity index (χ1) is 18.3. The number of ether oxygens (including phenoxy) is 1. The van der Waals surface area contributed by atoms with Crippen LogP contribution in [0.5, 0.6) is 5.75 Å². The summed E-state index contributed by atoms with van der Waals surface area (Å²) in [6.45, 7) is 1.18. The highest BCUT2D eigenvalue weighted by Gasteiger charge is 2.40. The molecule has 0 unspecified atom stereocenters. The van der Waals surface area contributed by atoms with Gasteiger partial charge < -0.3 is 14.9 Å². The lowest BCUT2D eigenvalue weighted by Gasteiger charge is -2.38. The summed E-state index contributed by atoms with van der Waals surface area (Å²) >= 11 is 0. The lowest BCUT2D eigenvalue weighted by molar-refractivity contribution is -0.152. The molecule has 4 rings (SSSR count). The molecule has 1 saturated heterocycles. The summed E-state index contributed by atoms with van der Waals surface area (Å²) in [4.78, 5) is 18.7. The van der Waals surface area contributed by atoms with E-state index in [-0.39, 0.29) is 12.2 Å². The molecule has 6 nitrogen and oxygen atoms in total. The maximum Gasteiger partial charge on any atom is 0.309 e. The van der Waals surface area contributed by atoms with Gasteiger partial charge in [-0.3, -0.25) is 14.7 Å². The minimum absolute atomic E-state index is 0.0433. The summed E-state index contributed by atoms with van der Waals surface area (Å²) in [5.74, 6) is 1.23. The number of aliphatic hydroxyl groups excluding tert-OH is 1. The van der Waals surface area contributed by atoms with Crippen LogP contribution >= 0.6 is 0 Å². The number of aliphatic carboxylic acids is 1. The van der Waals surface area contributed by atoms with Crippen molar-refractivity contribution in [2.45, 2.75) is 38.7 Å². The second-order valence-electron chi connectivity index (χ2n) is 9.57. The Kier molecular flexibility index (Phi) is 8.55. The third kappa shape index (κ3) is 5.93. The van der Waals surface area contributed by atoms with Crippen LogP contribution in [0.25, 0.3) is 10.9 Å². The molecule has 0 amide bonds. The van der Waals surface area contributed by atoms with E-state index in [9.17, 15) is 28.2 Å². The van der Waals surface area contributed by atoms with Crippen molar-refractivity contribution in [3.8, 4) is 17.6 Å². The monoisotopic (exact) mass is 526 g/mol. The van der Waals surface area contributed by atoms with Gasteiger partial charge in [-0.1, -0.05) is 11.8 Å². The first-order valence-corrected chi connectivity index (χ1v) is 12.4. The molecule has 1 aromatic heterocycles. The van der Waals surface area contributed by atoms with E-state index in [1.165, 1.54) is 0 Å². The highest BCUT2D eigenvalue weighted by molar-refractivity contribution is 5.84. The molecule has 1 aliphatic heterocycles. The van der Waals surface area contributed by atoms with Crippen molar-refractivity contribution in [2.75, 3.05) is 26.7 Å². The number of carboxylic acid groups (broad SMARTS) is 1. The van der Waals surface area contributed by atoms with Gasteiger partial charge >= 0.3 is 5.97 Å². The molecule has 0 spiro atoms. The number of aromatic nitrogens is 1. The van der Waals surface area contributed by atoms with Gasteiger partial charge in [-0.15, -0.1) is 0 Å². The van der Waals surface area contributed by atoms with Gasteiger partial charge in [0.25, 0.3) is 0 Å². The zero-order valence-electron chi connectivity index (χ0n) is 21.1. The van der Waals surface area contributed by atoms with Crippen LogP contribution in [0.3, 0.4) is 0 Å². The first kappa shape index (κ1) is 27.4. The van der Waals surface area contributed by atoms with Crippen LogP contribution in [0, 0.1) is 34.7 Å². The molecule has 1 aliphatic rings. The highest BCUT2D eigenvalue weighted by atomic mass is 19.2. The summed E-state index contributed by atoms with van der Waals surface area (Å²) in [5.41, 5.74) is 1.61. The van der Waals surface area contributed by atoms with Crippen molar-refractivity contribution < 1.29 is 32.9 Å². The van der Waals surface area contributed by atoms with E-state index in [0.717, 1.165) is 28.6 Å². The first-order valence-electron chi connectivity index (χ1n) is 12.4. The maximum atomic E-state index is 13.4. The zero-order chi connectivity index (χ0) is 27.3. The van der Waals surface area contributed by atoms with E-state index >= 15 is 0 Å². The Bertz CT molecular complexity index is 1360. The second kappa shape index (κ2) is 11.8. The minimum atomic E-state index is -1.53. The molecule has 0 atom stereocenters. The van der Waals surface area contributed by atoms with Gasteiger partial charge in [0.2, 0.25) is 0 Å². The van der Waals surface area contributed by atoms with E-state index in [4.69, 9.17) is 4.74 Å². The van der Waals surface area contributed by atoms with Gasteiger partial charge in [-0.25, -0.2) is 13.2 Å². The number of carboxylic acids is 1. The predicted molar refractivity (Wildman–Crippen MR) is 136 cm³/mol. The Balaban J connectivity index is 1.39. The van der Waals surface area contributed by atoms with Crippen LogP contribution < -0.4 is 4.74 Å². The van der Waals surface area contributed by atoms with E-state index < -0.39 is 28.8 Å². The largest absolute Gasteiger partial charge is 0.497 e. The molecule has 0 radical (unpaired) electrons. The summed E-state index contributed by atoms with van der Waals surface area (Å²) < 4.78 is 45.2. The fourth-order valence-electron chi connectivity index (χ4n) is 5.02. The third-order valence-electron chi connectivity index (χ3n) is 7.31. The standard InChI is InChI=1S/C29H29F3N2O4/c1-38-21-6-7-26-23(16-21)22(20(18-35)17-33-26)5-2-8-29(28(36)37)9-12-34(13-10-29)11-3-4-19-14-24(30)27(32)25(31)15-19/h6-7,14-17,35H,2,5,8-13,18H2,1H3,(H,36,37). The quantitative estimate of drug-likeness (QED) is 0.327. The van der Waals surface area contributed by atoms with Gasteiger partial charge in [0, 0.05) is 30.2 Å². The number of methoxy groups -OCH3 is 1. The highest BCUT2D eigenvalue weighted by Crippen LogP contribution is 2.37. The molecule has 38 heavy (non-hydrogen) atoms. The van der Waals surface area contributed by atoms with Crippen molar-refractivity contribution in [1.29, 1.82) is 0 Å². The van der Waals surface area contributed by atoms with E-state index in [0.29, 0.717) is 63.1 Å². The Labute approximate surface area is 219 Å². The number of aryl methyl sites for hydroxylation is 1. The smallest absolute Gasteiger partial charge is 0.309 e. The molecular weight excluding hydrogens is 497 g/mol. The fourth-order valence-corrected chi connectivity index (χ4v) is 5.02. The topological polar surface area (TPSA) is 82.9 Å². The van der Waals surface area contributed by atoms with Crippen LogP contribution in [0.4, 0.5) is 13.2 Å². The number of hydrogen-bond acceptors (Lipinski definition) is 5. The number of rotatable bonds is 8. The zero-order valence-corrected chi connectivity index (χ0v) is 21.1. The Morgan fingerprint density at radius 3 is 2.50 bits per heavy atom. The lowest BCUT2D eigenvalue weighted by atomic mass is 9.74. The van der Waals surface area contributed by atoms with Crippen molar-refractivity contribution in [2.24, 2.45) is 5.41 Å². The second-order valence-corrected chi connectivity index (χ2v) is 9.57. The summed E-state index contributed by atoms with van der Waals surface area (Å²) in [5, 5.41) is 20.8.